The second kappa shape index (κ2) is 6.95. The predicted molar refractivity (Wildman–Crippen MR) is 139 cm³/mol. The van der Waals surface area contributed by atoms with Crippen molar-refractivity contribution >= 4 is 64.7 Å². The number of hydrogen-bond acceptors (Lipinski definition) is 4. The van der Waals surface area contributed by atoms with E-state index in [9.17, 15) is 0 Å². The van der Waals surface area contributed by atoms with Gasteiger partial charge in [0.25, 0.3) is 0 Å². The first-order valence-electron chi connectivity index (χ1n) is 10.5. The molecular weight excluding hydrogens is 428 g/mol. The Kier molecular flexibility index (Phi) is 3.92. The average molecular weight is 445 g/mol. The Hall–Kier alpha value is -3.60. The van der Waals surface area contributed by atoms with Gasteiger partial charge in [0.05, 0.1) is 14.9 Å². The molecule has 0 saturated carbocycles. The van der Waals surface area contributed by atoms with E-state index in [2.05, 4.69) is 84.9 Å². The fourth-order valence-corrected chi connectivity index (χ4v) is 6.68. The minimum absolute atomic E-state index is 1.04. The van der Waals surface area contributed by atoms with Gasteiger partial charge in [0, 0.05) is 21.9 Å². The summed E-state index contributed by atoms with van der Waals surface area (Å²) in [4.78, 5) is 10.3. The van der Waals surface area contributed by atoms with Crippen molar-refractivity contribution in [3.63, 3.8) is 0 Å². The third-order valence-corrected chi connectivity index (χ3v) is 8.17. The highest BCUT2D eigenvalue weighted by Crippen LogP contribution is 2.45. The molecule has 0 aliphatic rings. The van der Waals surface area contributed by atoms with Gasteiger partial charge in [-0.15, -0.1) is 22.7 Å². The fraction of sp³-hybridized carbons (Fsp3) is 0. The topological polar surface area (TPSA) is 25.8 Å². The lowest BCUT2D eigenvalue weighted by Crippen LogP contribution is -1.82. The Labute approximate surface area is 192 Å². The zero-order chi connectivity index (χ0) is 21.1. The Morgan fingerprint density at radius 2 is 1.06 bits per heavy atom. The maximum atomic E-state index is 5.18. The number of aromatic nitrogens is 2. The van der Waals surface area contributed by atoms with Crippen LogP contribution in [0, 0.1) is 0 Å². The SMILES string of the molecule is c1ccc(-c2nc3c(s2)c2ccc4ccccc4c2c2nc(-c4ccccc4)sc32)cc1. The number of benzene rings is 5. The van der Waals surface area contributed by atoms with Crippen LogP contribution in [0.25, 0.3) is 63.1 Å². The van der Waals surface area contributed by atoms with E-state index in [1.807, 2.05) is 12.1 Å². The first-order chi connectivity index (χ1) is 15.9. The van der Waals surface area contributed by atoms with Gasteiger partial charge in [0.1, 0.15) is 15.5 Å². The molecule has 5 aromatic carbocycles. The first-order valence-corrected chi connectivity index (χ1v) is 12.2. The zero-order valence-electron chi connectivity index (χ0n) is 16.9. The average Bonchev–Trinajstić information content (AvgIpc) is 3.50. The lowest BCUT2D eigenvalue weighted by molar-refractivity contribution is 1.48. The van der Waals surface area contributed by atoms with Crippen LogP contribution >= 0.6 is 22.7 Å². The van der Waals surface area contributed by atoms with Gasteiger partial charge >= 0.3 is 0 Å². The van der Waals surface area contributed by atoms with E-state index in [0.717, 1.165) is 32.2 Å². The van der Waals surface area contributed by atoms with Crippen LogP contribution in [0.5, 0.6) is 0 Å². The number of nitrogens with zero attached hydrogens (tertiary/aromatic N) is 2. The van der Waals surface area contributed by atoms with Crippen LogP contribution in [0.4, 0.5) is 0 Å². The second-order valence-corrected chi connectivity index (χ2v) is 9.83. The van der Waals surface area contributed by atoms with Gasteiger partial charge in [-0.2, -0.15) is 0 Å². The van der Waals surface area contributed by atoms with E-state index < -0.39 is 0 Å². The Morgan fingerprint density at radius 3 is 1.78 bits per heavy atom. The quantitative estimate of drug-likeness (QED) is 0.250. The van der Waals surface area contributed by atoms with Crippen molar-refractivity contribution in [2.24, 2.45) is 0 Å². The molecule has 0 N–H and O–H groups in total. The summed E-state index contributed by atoms with van der Waals surface area (Å²) in [6.07, 6.45) is 0. The summed E-state index contributed by atoms with van der Waals surface area (Å²) < 4.78 is 2.40. The number of thiazole rings is 2. The molecule has 0 amide bonds. The monoisotopic (exact) mass is 444 g/mol. The molecule has 7 rings (SSSR count). The maximum absolute atomic E-state index is 5.18. The van der Waals surface area contributed by atoms with E-state index in [-0.39, 0.29) is 0 Å². The molecule has 2 heterocycles. The van der Waals surface area contributed by atoms with E-state index in [0.29, 0.717) is 0 Å². The Balaban J connectivity index is 1.67. The van der Waals surface area contributed by atoms with Crippen LogP contribution in [0.15, 0.2) is 97.1 Å². The molecule has 0 atom stereocenters. The van der Waals surface area contributed by atoms with Gasteiger partial charge in [-0.25, -0.2) is 9.97 Å². The number of fused-ring (bicyclic) bond motifs is 8. The van der Waals surface area contributed by atoms with E-state index in [1.165, 1.54) is 30.9 Å². The largest absolute Gasteiger partial charge is 0.235 e. The highest BCUT2D eigenvalue weighted by Gasteiger charge is 2.20. The van der Waals surface area contributed by atoms with Crippen LogP contribution in [0.2, 0.25) is 0 Å². The summed E-state index contributed by atoms with van der Waals surface area (Å²) >= 11 is 3.52. The molecule has 32 heavy (non-hydrogen) atoms. The molecule has 0 fully saturated rings. The normalized spacial score (nSPS) is 11.8. The first kappa shape index (κ1) is 18.0. The summed E-state index contributed by atoms with van der Waals surface area (Å²) in [6, 6.07) is 34.0. The Bertz CT molecular complexity index is 1760. The Morgan fingerprint density at radius 1 is 0.469 bits per heavy atom. The zero-order valence-corrected chi connectivity index (χ0v) is 18.6. The van der Waals surface area contributed by atoms with Crippen molar-refractivity contribution in [2.75, 3.05) is 0 Å². The smallest absolute Gasteiger partial charge is 0.124 e. The molecule has 150 valence electrons. The van der Waals surface area contributed by atoms with Gasteiger partial charge in [0.15, 0.2) is 0 Å². The van der Waals surface area contributed by atoms with E-state index in [4.69, 9.17) is 9.97 Å². The molecule has 0 aliphatic heterocycles. The minimum atomic E-state index is 1.04. The number of hydrogen-bond donors (Lipinski definition) is 0. The summed E-state index contributed by atoms with van der Waals surface area (Å²) in [5.41, 5.74) is 4.42. The molecule has 0 saturated heterocycles. The molecule has 0 bridgehead atoms. The van der Waals surface area contributed by atoms with E-state index in [1.54, 1.807) is 22.7 Å². The molecular formula is C28H16N2S2. The van der Waals surface area contributed by atoms with Crippen LogP contribution < -0.4 is 0 Å². The lowest BCUT2D eigenvalue weighted by atomic mass is 10.0. The molecule has 0 unspecified atom stereocenters. The molecule has 2 aromatic heterocycles. The fourth-order valence-electron chi connectivity index (χ4n) is 4.43. The van der Waals surface area contributed by atoms with Crippen molar-refractivity contribution in [2.45, 2.75) is 0 Å². The van der Waals surface area contributed by atoms with Crippen molar-refractivity contribution in [3.05, 3.63) is 97.1 Å². The lowest BCUT2D eigenvalue weighted by Gasteiger charge is -2.06. The molecule has 0 aliphatic carbocycles. The minimum Gasteiger partial charge on any atom is -0.235 e. The molecule has 7 aromatic rings. The third kappa shape index (κ3) is 2.63. The molecule has 2 nitrogen and oxygen atoms in total. The predicted octanol–water partition coefficient (Wildman–Crippen LogP) is 8.55. The van der Waals surface area contributed by atoms with E-state index >= 15 is 0 Å². The molecule has 4 heteroatoms. The van der Waals surface area contributed by atoms with Crippen molar-refractivity contribution in [3.8, 4) is 21.1 Å². The van der Waals surface area contributed by atoms with Crippen LogP contribution in [-0.2, 0) is 0 Å². The molecule has 0 spiro atoms. The van der Waals surface area contributed by atoms with Crippen molar-refractivity contribution < 1.29 is 0 Å². The highest BCUT2D eigenvalue weighted by molar-refractivity contribution is 7.26. The van der Waals surface area contributed by atoms with Crippen molar-refractivity contribution in [1.29, 1.82) is 0 Å². The maximum Gasteiger partial charge on any atom is 0.124 e. The highest BCUT2D eigenvalue weighted by atomic mass is 32.1. The summed E-state index contributed by atoms with van der Waals surface area (Å²) in [6.45, 7) is 0. The van der Waals surface area contributed by atoms with Crippen LogP contribution in [0.3, 0.4) is 0 Å². The van der Waals surface area contributed by atoms with Crippen LogP contribution in [-0.4, -0.2) is 9.97 Å². The van der Waals surface area contributed by atoms with Gasteiger partial charge in [-0.3, -0.25) is 0 Å². The third-order valence-electron chi connectivity index (χ3n) is 5.92. The summed E-state index contributed by atoms with van der Waals surface area (Å²) in [5, 5.41) is 7.04. The van der Waals surface area contributed by atoms with Crippen molar-refractivity contribution in [1.82, 2.24) is 9.97 Å². The second-order valence-electron chi connectivity index (χ2n) is 7.83. The molecule has 0 radical (unpaired) electrons. The number of rotatable bonds is 2. The summed E-state index contributed by atoms with van der Waals surface area (Å²) in [5.74, 6) is 0. The van der Waals surface area contributed by atoms with Gasteiger partial charge < -0.3 is 0 Å². The van der Waals surface area contributed by atoms with Crippen LogP contribution in [0.1, 0.15) is 0 Å². The van der Waals surface area contributed by atoms with Gasteiger partial charge in [-0.1, -0.05) is 97.1 Å². The van der Waals surface area contributed by atoms with Gasteiger partial charge in [-0.05, 0) is 10.8 Å². The standard InChI is InChI=1S/C28H16N2S2/c1-3-10-18(11-4-1)27-29-23-22-20-14-8-7-9-17(20)15-16-21(22)25-24(26(23)32-27)30-28(31-25)19-12-5-2-6-13-19/h1-16H. The summed E-state index contributed by atoms with van der Waals surface area (Å²) in [7, 11) is 0. The van der Waals surface area contributed by atoms with Gasteiger partial charge in [0.2, 0.25) is 0 Å².